The summed E-state index contributed by atoms with van der Waals surface area (Å²) in [6.45, 7) is 11.7. The quantitative estimate of drug-likeness (QED) is 0.423. The zero-order valence-electron chi connectivity index (χ0n) is 17.8. The fourth-order valence-electron chi connectivity index (χ4n) is 3.85. The molecule has 1 aliphatic carbocycles. The van der Waals surface area contributed by atoms with Gasteiger partial charge in [-0.2, -0.15) is 0 Å². The number of likely N-dealkylation sites (tertiary alicyclic amines) is 1. The van der Waals surface area contributed by atoms with Gasteiger partial charge in [0, 0.05) is 32.7 Å². The van der Waals surface area contributed by atoms with Crippen LogP contribution in [0.15, 0.2) is 17.1 Å². The van der Waals surface area contributed by atoms with Crippen LogP contribution in [0.3, 0.4) is 0 Å². The first-order chi connectivity index (χ1) is 12.8. The summed E-state index contributed by atoms with van der Waals surface area (Å²) in [6.07, 6.45) is 7.50. The summed E-state index contributed by atoms with van der Waals surface area (Å²) in [5.74, 6) is 1.63. The van der Waals surface area contributed by atoms with Gasteiger partial charge in [-0.3, -0.25) is 4.79 Å². The molecule has 0 aromatic rings. The van der Waals surface area contributed by atoms with Crippen LogP contribution >= 0.6 is 0 Å². The van der Waals surface area contributed by atoms with Gasteiger partial charge in [-0.05, 0) is 64.5 Å². The van der Waals surface area contributed by atoms with Gasteiger partial charge in [0.25, 0.3) is 0 Å². The number of guanidine groups is 1. The molecule has 1 saturated carbocycles. The molecule has 6 nitrogen and oxygen atoms in total. The highest BCUT2D eigenvalue weighted by molar-refractivity contribution is 5.85. The minimum absolute atomic E-state index is 0.00876. The molecule has 1 saturated heterocycles. The highest BCUT2D eigenvalue weighted by Gasteiger charge is 2.28. The van der Waals surface area contributed by atoms with E-state index in [1.54, 1.807) is 19.0 Å². The van der Waals surface area contributed by atoms with E-state index in [2.05, 4.69) is 34.0 Å². The Morgan fingerprint density at radius 3 is 2.33 bits per heavy atom. The molecule has 1 amide bonds. The first-order valence-electron chi connectivity index (χ1n) is 10.5. The van der Waals surface area contributed by atoms with Gasteiger partial charge >= 0.3 is 0 Å². The zero-order chi connectivity index (χ0) is 19.8. The summed E-state index contributed by atoms with van der Waals surface area (Å²) in [6, 6.07) is 1.17. The highest BCUT2D eigenvalue weighted by Crippen LogP contribution is 2.27. The van der Waals surface area contributed by atoms with Gasteiger partial charge in [0.05, 0.1) is 0 Å². The predicted octanol–water partition coefficient (Wildman–Crippen LogP) is 2.23. The molecule has 2 fully saturated rings. The number of nitrogens with one attached hydrogen (secondary N) is 2. The zero-order valence-corrected chi connectivity index (χ0v) is 17.8. The molecule has 0 atom stereocenters. The van der Waals surface area contributed by atoms with Crippen LogP contribution in [-0.2, 0) is 4.79 Å². The van der Waals surface area contributed by atoms with Gasteiger partial charge < -0.3 is 20.4 Å². The fourth-order valence-corrected chi connectivity index (χ4v) is 3.85. The van der Waals surface area contributed by atoms with Gasteiger partial charge in [-0.15, -0.1) is 0 Å². The summed E-state index contributed by atoms with van der Waals surface area (Å²) in [7, 11) is 3.52. The van der Waals surface area contributed by atoms with Crippen molar-refractivity contribution in [3.05, 3.63) is 12.2 Å². The maximum atomic E-state index is 11.9. The smallest absolute Gasteiger partial charge is 0.243 e. The molecular weight excluding hydrogens is 338 g/mol. The van der Waals surface area contributed by atoms with E-state index in [1.165, 1.54) is 38.8 Å². The van der Waals surface area contributed by atoms with Crippen molar-refractivity contribution in [3.63, 3.8) is 0 Å². The lowest BCUT2D eigenvalue weighted by Crippen LogP contribution is -2.49. The van der Waals surface area contributed by atoms with E-state index >= 15 is 0 Å². The van der Waals surface area contributed by atoms with E-state index in [1.807, 2.05) is 6.92 Å². The third-order valence-corrected chi connectivity index (χ3v) is 5.80. The Kier molecular flexibility index (Phi) is 8.61. The van der Waals surface area contributed by atoms with E-state index in [0.29, 0.717) is 12.6 Å². The lowest BCUT2D eigenvalue weighted by atomic mass is 9.88. The first kappa shape index (κ1) is 21.7. The number of nitrogens with zero attached hydrogens (tertiary/aromatic N) is 3. The van der Waals surface area contributed by atoms with Gasteiger partial charge in [0.1, 0.15) is 6.54 Å². The van der Waals surface area contributed by atoms with Crippen LogP contribution in [-0.4, -0.2) is 74.0 Å². The Labute approximate surface area is 165 Å². The Morgan fingerprint density at radius 1 is 1.15 bits per heavy atom. The highest BCUT2D eigenvalue weighted by atomic mass is 16.2. The van der Waals surface area contributed by atoms with Crippen LogP contribution < -0.4 is 10.6 Å². The molecule has 0 unspecified atom stereocenters. The minimum atomic E-state index is 0.00876. The minimum Gasteiger partial charge on any atom is -0.354 e. The third-order valence-electron chi connectivity index (χ3n) is 5.80. The number of piperidine rings is 1. The number of carbonyl (C=O) groups excluding carboxylic acids is 1. The SMILES string of the molecule is C=C(C)CNC(=NCC(=O)N(C)C)NC1CCC(N2CCC(C)CC2)CC1. The Morgan fingerprint density at radius 2 is 1.78 bits per heavy atom. The molecule has 27 heavy (non-hydrogen) atoms. The van der Waals surface area contributed by atoms with Crippen LogP contribution in [0.2, 0.25) is 0 Å². The van der Waals surface area contributed by atoms with Crippen LogP contribution in [0.5, 0.6) is 0 Å². The van der Waals surface area contributed by atoms with Crippen LogP contribution in [0.4, 0.5) is 0 Å². The molecule has 2 N–H and O–H groups in total. The molecule has 1 heterocycles. The number of carbonyl (C=O) groups is 1. The van der Waals surface area contributed by atoms with Crippen molar-refractivity contribution in [1.29, 1.82) is 0 Å². The molecule has 0 aromatic heterocycles. The number of hydrogen-bond acceptors (Lipinski definition) is 3. The van der Waals surface area contributed by atoms with Crippen LogP contribution in [0.1, 0.15) is 52.4 Å². The van der Waals surface area contributed by atoms with E-state index in [0.717, 1.165) is 36.3 Å². The second-order valence-electron chi connectivity index (χ2n) is 8.63. The van der Waals surface area contributed by atoms with Crippen molar-refractivity contribution in [3.8, 4) is 0 Å². The number of aliphatic imine (C=N–C) groups is 1. The molecular formula is C21H39N5O. The third kappa shape index (κ3) is 7.53. The standard InChI is InChI=1S/C21H39N5O/c1-16(2)14-22-21(23-15-20(27)25(4)5)24-18-6-8-19(9-7-18)26-12-10-17(3)11-13-26/h17-19H,1,6-15H2,2-5H3,(H2,22,23,24). The maximum Gasteiger partial charge on any atom is 0.243 e. The van der Waals surface area contributed by atoms with E-state index in [9.17, 15) is 4.79 Å². The summed E-state index contributed by atoms with van der Waals surface area (Å²) in [5.41, 5.74) is 1.05. The van der Waals surface area contributed by atoms with Crippen molar-refractivity contribution in [2.75, 3.05) is 40.3 Å². The normalized spacial score (nSPS) is 25.1. The topological polar surface area (TPSA) is 60.0 Å². The number of rotatable bonds is 6. The average molecular weight is 378 g/mol. The summed E-state index contributed by atoms with van der Waals surface area (Å²) < 4.78 is 0. The largest absolute Gasteiger partial charge is 0.354 e. The molecule has 2 aliphatic rings. The molecule has 0 aromatic carbocycles. The molecule has 6 heteroatoms. The summed E-state index contributed by atoms with van der Waals surface area (Å²) in [4.78, 5) is 20.6. The summed E-state index contributed by atoms with van der Waals surface area (Å²) >= 11 is 0. The predicted molar refractivity (Wildman–Crippen MR) is 113 cm³/mol. The lowest BCUT2D eigenvalue weighted by Gasteiger charge is -2.40. The van der Waals surface area contributed by atoms with Crippen LogP contribution in [0.25, 0.3) is 0 Å². The Hall–Kier alpha value is -1.56. The van der Waals surface area contributed by atoms with Crippen molar-refractivity contribution in [1.82, 2.24) is 20.4 Å². The second-order valence-corrected chi connectivity index (χ2v) is 8.63. The molecule has 0 radical (unpaired) electrons. The van der Waals surface area contributed by atoms with Crippen molar-refractivity contribution in [2.24, 2.45) is 10.9 Å². The van der Waals surface area contributed by atoms with Gasteiger partial charge in [-0.25, -0.2) is 4.99 Å². The van der Waals surface area contributed by atoms with E-state index in [4.69, 9.17) is 0 Å². The first-order valence-corrected chi connectivity index (χ1v) is 10.5. The number of amides is 1. The van der Waals surface area contributed by atoms with Crippen molar-refractivity contribution < 1.29 is 4.79 Å². The van der Waals surface area contributed by atoms with Gasteiger partial charge in [0.2, 0.25) is 5.91 Å². The van der Waals surface area contributed by atoms with E-state index in [-0.39, 0.29) is 12.5 Å². The lowest BCUT2D eigenvalue weighted by molar-refractivity contribution is -0.127. The molecule has 0 spiro atoms. The molecule has 1 aliphatic heterocycles. The van der Waals surface area contributed by atoms with Crippen LogP contribution in [0, 0.1) is 5.92 Å². The monoisotopic (exact) mass is 377 g/mol. The van der Waals surface area contributed by atoms with Crippen molar-refractivity contribution >= 4 is 11.9 Å². The van der Waals surface area contributed by atoms with E-state index < -0.39 is 0 Å². The molecule has 0 bridgehead atoms. The number of hydrogen-bond donors (Lipinski definition) is 2. The van der Waals surface area contributed by atoms with Gasteiger partial charge in [-0.1, -0.05) is 19.1 Å². The number of likely N-dealkylation sites (N-methyl/N-ethyl adjacent to an activating group) is 1. The second kappa shape index (κ2) is 10.7. The Bertz CT molecular complexity index is 515. The summed E-state index contributed by atoms with van der Waals surface area (Å²) in [5, 5.41) is 6.84. The average Bonchev–Trinajstić information content (AvgIpc) is 2.64. The fraction of sp³-hybridized carbons (Fsp3) is 0.810. The maximum absolute atomic E-state index is 11.9. The molecule has 154 valence electrons. The van der Waals surface area contributed by atoms with Gasteiger partial charge in [0.15, 0.2) is 5.96 Å². The van der Waals surface area contributed by atoms with Crippen molar-refractivity contribution in [2.45, 2.75) is 64.5 Å². The molecule has 2 rings (SSSR count). The Balaban J connectivity index is 1.83.